The average molecular weight is 269 g/mol. The van der Waals surface area contributed by atoms with Gasteiger partial charge in [0.05, 0.1) is 0 Å². The van der Waals surface area contributed by atoms with Crippen molar-refractivity contribution in [3.05, 3.63) is 47.2 Å². The van der Waals surface area contributed by atoms with Crippen molar-refractivity contribution in [2.45, 2.75) is 33.7 Å². The summed E-state index contributed by atoms with van der Waals surface area (Å²) in [5.41, 5.74) is 1.17. The smallest absolute Gasteiger partial charge is 0.147 e. The van der Waals surface area contributed by atoms with Gasteiger partial charge in [-0.15, -0.1) is 0 Å². The standard InChI is InChI=1S/C13H15F2NO.C2H6/c1-3-10(9-17)7-16(2)8-11-4-12(14)6-13(15)5-11;1-2/h4-7,9H,3,8H2,1-2H3;1-2H3/b10-7-;. The Bertz CT molecular complexity index is 410. The summed E-state index contributed by atoms with van der Waals surface area (Å²) < 4.78 is 25.9. The van der Waals surface area contributed by atoms with Gasteiger partial charge in [-0.3, -0.25) is 4.79 Å². The minimum absolute atomic E-state index is 0.353. The van der Waals surface area contributed by atoms with Gasteiger partial charge < -0.3 is 4.90 Å². The zero-order valence-corrected chi connectivity index (χ0v) is 11.9. The minimum atomic E-state index is -0.594. The predicted octanol–water partition coefficient (Wildman–Crippen LogP) is 3.92. The molecule has 2 nitrogen and oxygen atoms in total. The van der Waals surface area contributed by atoms with Crippen molar-refractivity contribution in [2.75, 3.05) is 7.05 Å². The highest BCUT2D eigenvalue weighted by Gasteiger charge is 2.03. The number of carbonyl (C=O) groups excluding carboxylic acids is 1. The SMILES string of the molecule is CC.CC/C(C=O)=C/N(C)Cc1cc(F)cc(F)c1. The molecule has 0 unspecified atom stereocenters. The molecule has 0 saturated carbocycles. The number of carbonyl (C=O) groups is 1. The molecule has 0 aliphatic carbocycles. The van der Waals surface area contributed by atoms with Crippen LogP contribution in [-0.4, -0.2) is 18.2 Å². The van der Waals surface area contributed by atoms with Crippen molar-refractivity contribution >= 4 is 6.29 Å². The summed E-state index contributed by atoms with van der Waals surface area (Å²) in [7, 11) is 1.75. The molecule has 0 bridgehead atoms. The Balaban J connectivity index is 0.00000154. The van der Waals surface area contributed by atoms with Crippen molar-refractivity contribution in [1.82, 2.24) is 4.90 Å². The van der Waals surface area contributed by atoms with E-state index in [4.69, 9.17) is 0 Å². The van der Waals surface area contributed by atoms with Gasteiger partial charge in [-0.25, -0.2) is 8.78 Å². The molecule has 0 spiro atoms. The summed E-state index contributed by atoms with van der Waals surface area (Å²) in [5.74, 6) is -1.19. The number of halogens is 2. The van der Waals surface area contributed by atoms with E-state index in [0.717, 1.165) is 12.4 Å². The molecule has 0 saturated heterocycles. The van der Waals surface area contributed by atoms with Gasteiger partial charge in [-0.2, -0.15) is 0 Å². The van der Waals surface area contributed by atoms with Crippen LogP contribution in [0.15, 0.2) is 30.0 Å². The van der Waals surface area contributed by atoms with E-state index < -0.39 is 11.6 Å². The number of aldehydes is 1. The van der Waals surface area contributed by atoms with Crippen LogP contribution in [0.5, 0.6) is 0 Å². The molecule has 0 fully saturated rings. The first-order chi connectivity index (χ1) is 9.05. The Kier molecular flexibility index (Phi) is 8.42. The first-order valence-corrected chi connectivity index (χ1v) is 6.36. The van der Waals surface area contributed by atoms with Crippen molar-refractivity contribution in [2.24, 2.45) is 0 Å². The first kappa shape index (κ1) is 17.3. The topological polar surface area (TPSA) is 20.3 Å². The quantitative estimate of drug-likeness (QED) is 0.596. The fourth-order valence-corrected chi connectivity index (χ4v) is 1.52. The second-order valence-corrected chi connectivity index (χ2v) is 3.87. The van der Waals surface area contributed by atoms with Crippen LogP contribution in [0.4, 0.5) is 8.78 Å². The lowest BCUT2D eigenvalue weighted by atomic mass is 10.2. The van der Waals surface area contributed by atoms with Crippen LogP contribution in [0.2, 0.25) is 0 Å². The molecule has 0 atom stereocenters. The molecular formula is C15H21F2NO. The van der Waals surface area contributed by atoms with E-state index in [0.29, 0.717) is 24.1 Å². The average Bonchev–Trinajstić information content (AvgIpc) is 2.37. The molecule has 1 aromatic carbocycles. The number of allylic oxidation sites excluding steroid dienone is 1. The molecule has 106 valence electrons. The van der Waals surface area contributed by atoms with Crippen molar-refractivity contribution in [3.8, 4) is 0 Å². The monoisotopic (exact) mass is 269 g/mol. The van der Waals surface area contributed by atoms with Crippen molar-refractivity contribution in [3.63, 3.8) is 0 Å². The summed E-state index contributed by atoms with van der Waals surface area (Å²) in [5, 5.41) is 0. The van der Waals surface area contributed by atoms with Gasteiger partial charge in [-0.1, -0.05) is 20.8 Å². The van der Waals surface area contributed by atoms with Gasteiger partial charge in [0.2, 0.25) is 0 Å². The zero-order chi connectivity index (χ0) is 14.8. The highest BCUT2D eigenvalue weighted by molar-refractivity contribution is 5.72. The lowest BCUT2D eigenvalue weighted by Gasteiger charge is -2.15. The molecule has 0 heterocycles. The van der Waals surface area contributed by atoms with E-state index in [9.17, 15) is 13.6 Å². The maximum Gasteiger partial charge on any atom is 0.147 e. The molecule has 0 amide bonds. The largest absolute Gasteiger partial charge is 0.376 e. The summed E-state index contributed by atoms with van der Waals surface area (Å²) in [6.07, 6.45) is 3.09. The van der Waals surface area contributed by atoms with E-state index in [1.807, 2.05) is 20.8 Å². The Hall–Kier alpha value is -1.71. The van der Waals surface area contributed by atoms with Gasteiger partial charge in [-0.05, 0) is 24.1 Å². The molecule has 1 rings (SSSR count). The Morgan fingerprint density at radius 1 is 1.21 bits per heavy atom. The van der Waals surface area contributed by atoms with Crippen molar-refractivity contribution < 1.29 is 13.6 Å². The Morgan fingerprint density at radius 2 is 1.74 bits per heavy atom. The van der Waals surface area contributed by atoms with E-state index in [1.165, 1.54) is 12.1 Å². The fourth-order valence-electron chi connectivity index (χ4n) is 1.52. The second kappa shape index (κ2) is 9.25. The van der Waals surface area contributed by atoms with Crippen molar-refractivity contribution in [1.29, 1.82) is 0 Å². The molecule has 0 radical (unpaired) electrons. The molecule has 1 aromatic rings. The third-order valence-electron chi connectivity index (χ3n) is 2.30. The predicted molar refractivity (Wildman–Crippen MR) is 73.6 cm³/mol. The summed E-state index contributed by atoms with van der Waals surface area (Å²) in [6, 6.07) is 3.39. The number of benzene rings is 1. The van der Waals surface area contributed by atoms with Gasteiger partial charge in [0, 0.05) is 31.4 Å². The molecule has 0 aliphatic heterocycles. The molecule has 0 N–H and O–H groups in total. The van der Waals surface area contributed by atoms with Crippen LogP contribution < -0.4 is 0 Å². The van der Waals surface area contributed by atoms with Gasteiger partial charge in [0.1, 0.15) is 17.9 Å². The van der Waals surface area contributed by atoms with E-state index in [1.54, 1.807) is 18.1 Å². The first-order valence-electron chi connectivity index (χ1n) is 6.36. The molecular weight excluding hydrogens is 248 g/mol. The normalized spacial score (nSPS) is 10.5. The lowest BCUT2D eigenvalue weighted by Crippen LogP contribution is -2.12. The van der Waals surface area contributed by atoms with Crippen LogP contribution in [0.1, 0.15) is 32.8 Å². The maximum absolute atomic E-state index is 12.9. The van der Waals surface area contributed by atoms with E-state index in [-0.39, 0.29) is 0 Å². The van der Waals surface area contributed by atoms with Crippen LogP contribution in [0, 0.1) is 11.6 Å². The van der Waals surface area contributed by atoms with Gasteiger partial charge in [0.15, 0.2) is 0 Å². The summed E-state index contributed by atoms with van der Waals surface area (Å²) >= 11 is 0. The van der Waals surface area contributed by atoms with Crippen LogP contribution >= 0.6 is 0 Å². The Morgan fingerprint density at radius 3 is 2.16 bits per heavy atom. The highest BCUT2D eigenvalue weighted by atomic mass is 19.1. The fraction of sp³-hybridized carbons (Fsp3) is 0.400. The number of nitrogens with zero attached hydrogens (tertiary/aromatic N) is 1. The maximum atomic E-state index is 12.9. The summed E-state index contributed by atoms with van der Waals surface area (Å²) in [4.78, 5) is 12.3. The number of rotatable bonds is 5. The third kappa shape index (κ3) is 6.70. The van der Waals surface area contributed by atoms with Crippen LogP contribution in [-0.2, 0) is 11.3 Å². The third-order valence-corrected chi connectivity index (χ3v) is 2.30. The zero-order valence-electron chi connectivity index (χ0n) is 11.9. The number of hydrogen-bond donors (Lipinski definition) is 0. The number of hydrogen-bond acceptors (Lipinski definition) is 2. The lowest BCUT2D eigenvalue weighted by molar-refractivity contribution is -0.105. The van der Waals surface area contributed by atoms with Gasteiger partial charge >= 0.3 is 0 Å². The van der Waals surface area contributed by atoms with Crippen LogP contribution in [0.25, 0.3) is 0 Å². The van der Waals surface area contributed by atoms with Gasteiger partial charge in [0.25, 0.3) is 0 Å². The molecule has 0 aliphatic rings. The molecule has 4 heteroatoms. The summed E-state index contributed by atoms with van der Waals surface area (Å²) in [6.45, 7) is 6.22. The van der Waals surface area contributed by atoms with Crippen LogP contribution in [0.3, 0.4) is 0 Å². The van der Waals surface area contributed by atoms with E-state index in [2.05, 4.69) is 0 Å². The second-order valence-electron chi connectivity index (χ2n) is 3.87. The van der Waals surface area contributed by atoms with E-state index >= 15 is 0 Å². The minimum Gasteiger partial charge on any atom is -0.376 e. The Labute approximate surface area is 113 Å². The molecule has 19 heavy (non-hydrogen) atoms. The highest BCUT2D eigenvalue weighted by Crippen LogP contribution is 2.11. The molecule has 0 aromatic heterocycles.